The summed E-state index contributed by atoms with van der Waals surface area (Å²) in [5.41, 5.74) is -1.65. The molecule has 0 fully saturated rings. The van der Waals surface area contributed by atoms with Crippen LogP contribution in [0.4, 0.5) is 18.0 Å². The molecule has 0 unspecified atom stereocenters. The summed E-state index contributed by atoms with van der Waals surface area (Å²) in [6.07, 6.45) is -2.29. The monoisotopic (exact) mass is 463 g/mol. The van der Waals surface area contributed by atoms with Crippen molar-refractivity contribution in [3.8, 4) is 11.6 Å². The lowest BCUT2D eigenvalue weighted by molar-refractivity contribution is -0.141. The van der Waals surface area contributed by atoms with Crippen molar-refractivity contribution >= 4 is 12.0 Å². The Morgan fingerprint density at radius 1 is 1.12 bits per heavy atom. The highest BCUT2D eigenvalue weighted by atomic mass is 19.4. The lowest BCUT2D eigenvalue weighted by atomic mass is 10.1. The van der Waals surface area contributed by atoms with Gasteiger partial charge in [-0.05, 0) is 50.6 Å². The van der Waals surface area contributed by atoms with Gasteiger partial charge in [0.05, 0.1) is 0 Å². The summed E-state index contributed by atoms with van der Waals surface area (Å²) in [5, 5.41) is 9.49. The molecule has 2 amide bonds. The van der Waals surface area contributed by atoms with Crippen LogP contribution in [0, 0.1) is 0 Å². The van der Waals surface area contributed by atoms with Crippen molar-refractivity contribution in [1.82, 2.24) is 14.8 Å². The number of aromatic nitrogens is 1. The average molecular weight is 463 g/mol. The molecule has 2 aromatic rings. The van der Waals surface area contributed by atoms with Crippen molar-refractivity contribution in [2.45, 2.75) is 39.0 Å². The van der Waals surface area contributed by atoms with Gasteiger partial charge in [-0.2, -0.15) is 13.2 Å². The van der Waals surface area contributed by atoms with Crippen LogP contribution >= 0.6 is 0 Å². The molecule has 7 nitrogen and oxygen atoms in total. The summed E-state index contributed by atoms with van der Waals surface area (Å²) in [5.74, 6) is -0.450. The number of carboxylic acid groups (broad SMARTS) is 1. The fraction of sp³-hybridized carbons (Fsp3) is 0.348. The molecule has 0 saturated heterocycles. The molecule has 10 heteroatoms. The van der Waals surface area contributed by atoms with Crippen molar-refractivity contribution in [3.05, 3.63) is 65.4 Å². The van der Waals surface area contributed by atoms with E-state index in [2.05, 4.69) is 4.98 Å². The average Bonchev–Trinajstić information content (AvgIpc) is 3.24. The van der Waals surface area contributed by atoms with E-state index in [1.807, 2.05) is 12.2 Å². The quantitative estimate of drug-likeness (QED) is 0.618. The lowest BCUT2D eigenvalue weighted by Gasteiger charge is -2.33. The van der Waals surface area contributed by atoms with Gasteiger partial charge >= 0.3 is 12.3 Å². The van der Waals surface area contributed by atoms with E-state index in [1.165, 1.54) is 18.2 Å². The number of carbonyl (C=O) groups is 2. The minimum Gasteiger partial charge on any atom is -0.465 e. The molecule has 0 radical (unpaired) electrons. The van der Waals surface area contributed by atoms with Gasteiger partial charge in [0.1, 0.15) is 11.4 Å². The van der Waals surface area contributed by atoms with Crippen LogP contribution in [-0.2, 0) is 12.7 Å². The first-order chi connectivity index (χ1) is 15.3. The third kappa shape index (κ3) is 6.03. The highest BCUT2D eigenvalue weighted by Crippen LogP contribution is 2.32. The fourth-order valence-corrected chi connectivity index (χ4v) is 3.26. The molecule has 0 bridgehead atoms. The Morgan fingerprint density at radius 2 is 1.79 bits per heavy atom. The highest BCUT2D eigenvalue weighted by molar-refractivity contribution is 5.95. The third-order valence-corrected chi connectivity index (χ3v) is 4.94. The maximum Gasteiger partial charge on any atom is 0.433 e. The smallest absolute Gasteiger partial charge is 0.433 e. The maximum absolute atomic E-state index is 13.5. The minimum absolute atomic E-state index is 0.0695. The van der Waals surface area contributed by atoms with E-state index >= 15 is 0 Å². The molecule has 3 rings (SSSR count). The summed E-state index contributed by atoms with van der Waals surface area (Å²) in [6.45, 7) is 5.60. The van der Waals surface area contributed by atoms with Crippen molar-refractivity contribution in [1.29, 1.82) is 0 Å². The first kappa shape index (κ1) is 24.1. The van der Waals surface area contributed by atoms with E-state index in [1.54, 1.807) is 37.8 Å². The summed E-state index contributed by atoms with van der Waals surface area (Å²) < 4.78 is 45.9. The molecule has 0 spiro atoms. The minimum atomic E-state index is -4.76. The molecule has 176 valence electrons. The van der Waals surface area contributed by atoms with Crippen molar-refractivity contribution in [2.24, 2.45) is 0 Å². The Morgan fingerprint density at radius 3 is 2.36 bits per heavy atom. The largest absolute Gasteiger partial charge is 0.465 e. The molecular weight excluding hydrogens is 439 g/mol. The maximum atomic E-state index is 13.5. The van der Waals surface area contributed by atoms with Gasteiger partial charge in [0.15, 0.2) is 0 Å². The van der Waals surface area contributed by atoms with Crippen molar-refractivity contribution in [3.63, 3.8) is 0 Å². The summed E-state index contributed by atoms with van der Waals surface area (Å²) in [7, 11) is 0. The molecule has 2 heterocycles. The van der Waals surface area contributed by atoms with Crippen LogP contribution < -0.4 is 4.74 Å². The summed E-state index contributed by atoms with van der Waals surface area (Å²) in [4.78, 5) is 30.4. The van der Waals surface area contributed by atoms with E-state index in [-0.39, 0.29) is 29.6 Å². The number of rotatable bonds is 5. The molecule has 1 aliphatic heterocycles. The van der Waals surface area contributed by atoms with E-state index in [0.717, 1.165) is 11.0 Å². The molecule has 1 aliphatic rings. The van der Waals surface area contributed by atoms with Gasteiger partial charge in [-0.25, -0.2) is 9.78 Å². The van der Waals surface area contributed by atoms with Crippen LogP contribution in [0.5, 0.6) is 11.6 Å². The second-order valence-electron chi connectivity index (χ2n) is 8.55. The number of hydrogen-bond acceptors (Lipinski definition) is 4. The Hall–Kier alpha value is -3.56. The molecule has 0 saturated carbocycles. The summed E-state index contributed by atoms with van der Waals surface area (Å²) >= 11 is 0. The number of hydrogen-bond donors (Lipinski definition) is 1. The van der Waals surface area contributed by atoms with Crippen LogP contribution in [0.3, 0.4) is 0 Å². The topological polar surface area (TPSA) is 83.0 Å². The van der Waals surface area contributed by atoms with Gasteiger partial charge in [0.2, 0.25) is 5.88 Å². The number of ether oxygens (including phenoxy) is 1. The van der Waals surface area contributed by atoms with Gasteiger partial charge in [0, 0.05) is 36.8 Å². The predicted octanol–water partition coefficient (Wildman–Crippen LogP) is 5.18. The normalized spacial score (nSPS) is 13.8. The van der Waals surface area contributed by atoms with Gasteiger partial charge in [-0.15, -0.1) is 0 Å². The van der Waals surface area contributed by atoms with Gasteiger partial charge in [-0.3, -0.25) is 9.69 Å². The fourth-order valence-electron chi connectivity index (χ4n) is 3.26. The SMILES string of the molecule is CC(C)(C)N(Cc1cc(Oc2cccc(C(=O)N3CC=CC3)c2)nc(C(F)(F)F)c1)C(=O)O. The standard InChI is InChI=1S/C23H24F3N3O4/c1-22(2,3)29(21(31)32)14-15-11-18(23(24,25)26)27-19(12-15)33-17-8-6-7-16(13-17)20(30)28-9-4-5-10-28/h4-8,11-13H,9-10,14H2,1-3H3,(H,31,32). The Bertz CT molecular complexity index is 1070. The van der Waals surface area contributed by atoms with E-state index in [9.17, 15) is 27.9 Å². The molecule has 33 heavy (non-hydrogen) atoms. The molecule has 1 aromatic carbocycles. The predicted molar refractivity (Wildman–Crippen MR) is 114 cm³/mol. The Labute approximate surface area is 189 Å². The molecule has 1 aromatic heterocycles. The number of alkyl halides is 3. The second-order valence-corrected chi connectivity index (χ2v) is 8.55. The van der Waals surface area contributed by atoms with Crippen LogP contribution in [0.1, 0.15) is 42.4 Å². The Kier molecular flexibility index (Phi) is 6.66. The third-order valence-electron chi connectivity index (χ3n) is 4.94. The van der Waals surface area contributed by atoms with E-state index < -0.39 is 23.5 Å². The van der Waals surface area contributed by atoms with E-state index in [4.69, 9.17) is 4.74 Å². The zero-order valence-electron chi connectivity index (χ0n) is 18.4. The van der Waals surface area contributed by atoms with Gasteiger partial charge in [0.25, 0.3) is 5.91 Å². The van der Waals surface area contributed by atoms with Crippen LogP contribution in [0.25, 0.3) is 0 Å². The molecule has 0 aliphatic carbocycles. The van der Waals surface area contributed by atoms with Crippen LogP contribution in [0.15, 0.2) is 48.6 Å². The number of amides is 2. The number of benzene rings is 1. The molecule has 0 atom stereocenters. The zero-order valence-corrected chi connectivity index (χ0v) is 18.4. The summed E-state index contributed by atoms with van der Waals surface area (Å²) in [6, 6.07) is 8.14. The van der Waals surface area contributed by atoms with Crippen LogP contribution in [0.2, 0.25) is 0 Å². The van der Waals surface area contributed by atoms with Crippen molar-refractivity contribution in [2.75, 3.05) is 13.1 Å². The van der Waals surface area contributed by atoms with Crippen LogP contribution in [-0.4, -0.2) is 50.5 Å². The molecule has 1 N–H and O–H groups in total. The second kappa shape index (κ2) is 9.13. The van der Waals surface area contributed by atoms with Gasteiger partial charge in [-0.1, -0.05) is 18.2 Å². The molecular formula is C23H24F3N3O4. The highest BCUT2D eigenvalue weighted by Gasteiger charge is 2.34. The zero-order chi connectivity index (χ0) is 24.4. The van der Waals surface area contributed by atoms with Gasteiger partial charge < -0.3 is 14.7 Å². The Balaban J connectivity index is 1.91. The first-order valence-corrected chi connectivity index (χ1v) is 10.2. The van der Waals surface area contributed by atoms with E-state index in [0.29, 0.717) is 18.7 Å². The number of pyridine rings is 1. The number of carbonyl (C=O) groups excluding carboxylic acids is 1. The number of nitrogens with zero attached hydrogens (tertiary/aromatic N) is 3. The first-order valence-electron chi connectivity index (χ1n) is 10.2. The number of halogens is 3. The van der Waals surface area contributed by atoms with Crippen molar-refractivity contribution < 1.29 is 32.6 Å². The lowest BCUT2D eigenvalue weighted by Crippen LogP contribution is -2.44.